The SMILES string of the molecule is CC(C)C1=CC[C-]=C1[Si](c1cccc(C(C)C)c1)(c1cccc(C(C)C)c1)c1cccc(C(C)C)c1.[Cl-].[Cl-].[Cl-].[Ti+4]. The summed E-state index contributed by atoms with van der Waals surface area (Å²) >= 11 is 0. The van der Waals surface area contributed by atoms with Gasteiger partial charge in [-0.3, -0.25) is 6.08 Å². The van der Waals surface area contributed by atoms with E-state index >= 15 is 0 Å². The fraction of sp³-hybridized carbons (Fsp3) is 0.371. The monoisotopic (exact) mass is 644 g/mol. The zero-order valence-electron chi connectivity index (χ0n) is 25.2. The van der Waals surface area contributed by atoms with Gasteiger partial charge in [0.05, 0.1) is 0 Å². The minimum atomic E-state index is -2.61. The summed E-state index contributed by atoms with van der Waals surface area (Å²) in [7, 11) is -2.61. The van der Waals surface area contributed by atoms with E-state index in [1.807, 2.05) is 0 Å². The molecule has 0 aromatic heterocycles. The maximum absolute atomic E-state index is 3.96. The maximum atomic E-state index is 3.96. The number of rotatable bonds is 8. The summed E-state index contributed by atoms with van der Waals surface area (Å²) in [6.45, 7) is 18.5. The first-order chi connectivity index (χ1) is 17.2. The van der Waals surface area contributed by atoms with Crippen LogP contribution in [-0.2, 0) is 21.7 Å². The quantitative estimate of drug-likeness (QED) is 0.164. The Labute approximate surface area is 278 Å². The van der Waals surface area contributed by atoms with Gasteiger partial charge in [0.25, 0.3) is 0 Å². The van der Waals surface area contributed by atoms with E-state index in [9.17, 15) is 0 Å². The number of halogens is 3. The molecular formula is C35H43Cl3SiTi. The second-order valence-corrected chi connectivity index (χ2v) is 15.4. The van der Waals surface area contributed by atoms with Gasteiger partial charge in [0.2, 0.25) is 0 Å². The van der Waals surface area contributed by atoms with Gasteiger partial charge < -0.3 is 37.2 Å². The van der Waals surface area contributed by atoms with Crippen molar-refractivity contribution in [2.75, 3.05) is 0 Å². The Morgan fingerprint density at radius 1 is 0.550 bits per heavy atom. The Morgan fingerprint density at radius 2 is 0.900 bits per heavy atom. The smallest absolute Gasteiger partial charge is 1.00 e. The van der Waals surface area contributed by atoms with E-state index in [0.29, 0.717) is 23.7 Å². The molecule has 0 unspecified atom stereocenters. The molecule has 0 saturated carbocycles. The predicted molar refractivity (Wildman–Crippen MR) is 161 cm³/mol. The van der Waals surface area contributed by atoms with Crippen LogP contribution in [0.4, 0.5) is 0 Å². The van der Waals surface area contributed by atoms with Crippen molar-refractivity contribution >= 4 is 23.6 Å². The number of hydrogen-bond acceptors (Lipinski definition) is 0. The number of hydrogen-bond donors (Lipinski definition) is 0. The van der Waals surface area contributed by atoms with Gasteiger partial charge in [-0.15, -0.1) is 6.42 Å². The van der Waals surface area contributed by atoms with Gasteiger partial charge in [0.15, 0.2) is 0 Å². The summed E-state index contributed by atoms with van der Waals surface area (Å²) in [6.07, 6.45) is 7.31. The zero-order valence-corrected chi connectivity index (χ0v) is 30.0. The molecule has 0 saturated heterocycles. The van der Waals surface area contributed by atoms with Crippen LogP contribution in [0.3, 0.4) is 0 Å². The molecular weight excluding hydrogens is 603 g/mol. The summed E-state index contributed by atoms with van der Waals surface area (Å²) in [4.78, 5) is 0. The van der Waals surface area contributed by atoms with E-state index in [0.717, 1.165) is 6.42 Å². The van der Waals surface area contributed by atoms with Crippen LogP contribution in [0.25, 0.3) is 0 Å². The Kier molecular flexibility index (Phi) is 16.1. The molecule has 0 spiro atoms. The third-order valence-corrected chi connectivity index (χ3v) is 12.6. The van der Waals surface area contributed by atoms with Gasteiger partial charge >= 0.3 is 21.7 Å². The molecule has 3 aromatic carbocycles. The van der Waals surface area contributed by atoms with Crippen molar-refractivity contribution in [3.8, 4) is 0 Å². The van der Waals surface area contributed by atoms with Gasteiger partial charge in [-0.2, -0.15) is 11.6 Å². The predicted octanol–water partition coefficient (Wildman–Crippen LogP) is -1.21. The normalized spacial score (nSPS) is 12.8. The van der Waals surface area contributed by atoms with Gasteiger partial charge in [0.1, 0.15) is 8.07 Å². The second kappa shape index (κ2) is 16.5. The molecule has 4 rings (SSSR count). The second-order valence-electron chi connectivity index (χ2n) is 11.7. The first kappa shape index (κ1) is 38.9. The first-order valence-electron chi connectivity index (χ1n) is 13.8. The first-order valence-corrected chi connectivity index (χ1v) is 15.8. The van der Waals surface area contributed by atoms with Crippen molar-refractivity contribution in [1.82, 2.24) is 0 Å². The van der Waals surface area contributed by atoms with Crippen molar-refractivity contribution in [1.29, 1.82) is 0 Å². The molecule has 5 heteroatoms. The average molecular weight is 646 g/mol. The van der Waals surface area contributed by atoms with Crippen molar-refractivity contribution in [2.45, 2.75) is 79.6 Å². The molecule has 0 heterocycles. The minimum absolute atomic E-state index is 0. The molecule has 0 N–H and O–H groups in total. The van der Waals surface area contributed by atoms with Gasteiger partial charge in [-0.25, -0.2) is 5.20 Å². The molecule has 0 nitrogen and oxygen atoms in total. The van der Waals surface area contributed by atoms with Crippen molar-refractivity contribution in [2.24, 2.45) is 5.92 Å². The Hall–Kier alpha value is -1.06. The average Bonchev–Trinajstić information content (AvgIpc) is 3.36. The standard InChI is InChI=1S/C35H43Si.3ClH.Ti/c1-24(2)28-13-9-16-31(21-28)36(35-20-12-19-34(35)27(7)8,32-17-10-14-29(22-32)25(3)4)33-18-11-15-30(23-33)26(5)6;;;;/h9-11,13-19,21-27H,12H2,1-8H3;3*1H;/q-1;;;;+4/p-3. The maximum Gasteiger partial charge on any atom is 4.00 e. The fourth-order valence-corrected chi connectivity index (χ4v) is 10.9. The van der Waals surface area contributed by atoms with Gasteiger partial charge in [-0.1, -0.05) is 134 Å². The largest absolute Gasteiger partial charge is 4.00 e. The van der Waals surface area contributed by atoms with Crippen molar-refractivity contribution in [3.05, 3.63) is 112 Å². The van der Waals surface area contributed by atoms with E-state index in [-0.39, 0.29) is 58.9 Å². The molecule has 0 amide bonds. The van der Waals surface area contributed by atoms with Crippen LogP contribution >= 0.6 is 0 Å². The fourth-order valence-electron chi connectivity index (χ4n) is 5.67. The number of benzene rings is 3. The Morgan fingerprint density at radius 3 is 1.20 bits per heavy atom. The molecule has 1 aliphatic rings. The molecule has 0 atom stereocenters. The third-order valence-electron chi connectivity index (χ3n) is 7.85. The van der Waals surface area contributed by atoms with Crippen LogP contribution in [0.2, 0.25) is 0 Å². The molecule has 0 bridgehead atoms. The van der Waals surface area contributed by atoms with Crippen molar-refractivity contribution in [3.63, 3.8) is 0 Å². The van der Waals surface area contributed by atoms with Crippen LogP contribution < -0.4 is 52.8 Å². The molecule has 0 radical (unpaired) electrons. The molecule has 1 aliphatic carbocycles. The summed E-state index contributed by atoms with van der Waals surface area (Å²) < 4.78 is 0. The van der Waals surface area contributed by atoms with Crippen LogP contribution in [0.5, 0.6) is 0 Å². The summed E-state index contributed by atoms with van der Waals surface area (Å²) in [5, 5.41) is 5.91. The minimum Gasteiger partial charge on any atom is -1.00 e. The summed E-state index contributed by atoms with van der Waals surface area (Å²) in [6, 6.07) is 28.6. The van der Waals surface area contributed by atoms with Crippen LogP contribution in [0.1, 0.15) is 96.3 Å². The molecule has 40 heavy (non-hydrogen) atoms. The van der Waals surface area contributed by atoms with Crippen molar-refractivity contribution < 1.29 is 58.9 Å². The topological polar surface area (TPSA) is 0 Å². The molecule has 0 fully saturated rings. The van der Waals surface area contributed by atoms with Gasteiger partial charge in [0, 0.05) is 0 Å². The van der Waals surface area contributed by atoms with Crippen LogP contribution in [-0.4, -0.2) is 8.07 Å². The third kappa shape index (κ3) is 7.66. The van der Waals surface area contributed by atoms with E-state index in [1.54, 1.807) is 0 Å². The van der Waals surface area contributed by atoms with Crippen LogP contribution in [0.15, 0.2) is 89.6 Å². The zero-order chi connectivity index (χ0) is 26.0. The van der Waals surface area contributed by atoms with E-state index < -0.39 is 8.07 Å². The van der Waals surface area contributed by atoms with E-state index in [1.165, 1.54) is 43.0 Å². The summed E-state index contributed by atoms with van der Waals surface area (Å²) in [5.41, 5.74) is 5.73. The van der Waals surface area contributed by atoms with E-state index in [2.05, 4.69) is 140 Å². The Balaban J connectivity index is 0.00000380. The van der Waals surface area contributed by atoms with Crippen LogP contribution in [0, 0.1) is 12.0 Å². The Bertz CT molecular complexity index is 1170. The summed E-state index contributed by atoms with van der Waals surface area (Å²) in [5.74, 6) is 1.93. The van der Waals surface area contributed by atoms with Gasteiger partial charge in [-0.05, 0) is 50.0 Å². The molecule has 3 aromatic rings. The number of allylic oxidation sites excluding steroid dienone is 4. The molecule has 212 valence electrons. The molecule has 0 aliphatic heterocycles. The van der Waals surface area contributed by atoms with E-state index in [4.69, 9.17) is 0 Å².